The Hall–Kier alpha value is -2.42. The summed E-state index contributed by atoms with van der Waals surface area (Å²) < 4.78 is 6.15. The average molecular weight is 524 g/mol. The predicted octanol–water partition coefficient (Wildman–Crippen LogP) is 5.43. The molecule has 3 N–H and O–H groups in total. The second-order valence-corrected chi connectivity index (χ2v) is 9.30. The molecule has 0 bridgehead atoms. The molecule has 1 aliphatic heterocycles. The van der Waals surface area contributed by atoms with Crippen molar-refractivity contribution in [2.75, 3.05) is 27.2 Å². The monoisotopic (exact) mass is 522 g/mol. The van der Waals surface area contributed by atoms with Gasteiger partial charge in [-0.3, -0.25) is 10.8 Å². The number of aromatic nitrogens is 2. The summed E-state index contributed by atoms with van der Waals surface area (Å²) in [6, 6.07) is 14.2. The second kappa shape index (κ2) is 12.3. The molecule has 0 unspecified atom stereocenters. The number of H-pyrrole nitrogens is 1. The van der Waals surface area contributed by atoms with Crippen LogP contribution in [-0.2, 0) is 5.75 Å². The molecule has 0 radical (unpaired) electrons. The minimum absolute atomic E-state index is 0. The lowest BCUT2D eigenvalue weighted by Crippen LogP contribution is -2.40. The number of rotatable bonds is 6. The van der Waals surface area contributed by atoms with Crippen molar-refractivity contribution in [1.82, 2.24) is 19.8 Å². The van der Waals surface area contributed by atoms with Crippen molar-refractivity contribution in [3.05, 3.63) is 53.6 Å². The fourth-order valence-corrected chi connectivity index (χ4v) is 4.62. The van der Waals surface area contributed by atoms with Gasteiger partial charge in [0.25, 0.3) is 0 Å². The third-order valence-corrected chi connectivity index (χ3v) is 6.64. The SMILES string of the molecule is CC(=N)N1CCC(Oc2ccc(CSc3nc4ccc(C(=N)N(C)C)cc4[nH]3)cc2)CC1.Cl.Cl. The van der Waals surface area contributed by atoms with Crippen molar-refractivity contribution in [2.24, 2.45) is 0 Å². The molecule has 2 aromatic carbocycles. The molecular formula is C24H32Cl2N6OS. The predicted molar refractivity (Wildman–Crippen MR) is 146 cm³/mol. The lowest BCUT2D eigenvalue weighted by Gasteiger charge is -2.32. The lowest BCUT2D eigenvalue weighted by atomic mass is 10.1. The summed E-state index contributed by atoms with van der Waals surface area (Å²) in [4.78, 5) is 11.9. The Labute approximate surface area is 217 Å². The first-order chi connectivity index (χ1) is 15.4. The zero-order valence-electron chi connectivity index (χ0n) is 19.6. The van der Waals surface area contributed by atoms with Crippen LogP contribution in [0.5, 0.6) is 5.75 Å². The Morgan fingerprint density at radius 2 is 1.79 bits per heavy atom. The van der Waals surface area contributed by atoms with E-state index >= 15 is 0 Å². The largest absolute Gasteiger partial charge is 0.490 e. The number of hydrogen-bond acceptors (Lipinski definition) is 5. The van der Waals surface area contributed by atoms with Gasteiger partial charge in [-0.1, -0.05) is 23.9 Å². The highest BCUT2D eigenvalue weighted by atomic mass is 35.5. The van der Waals surface area contributed by atoms with E-state index in [1.165, 1.54) is 5.56 Å². The molecule has 7 nitrogen and oxygen atoms in total. The van der Waals surface area contributed by atoms with Crippen LogP contribution in [-0.4, -0.2) is 64.7 Å². The Morgan fingerprint density at radius 1 is 1.12 bits per heavy atom. The summed E-state index contributed by atoms with van der Waals surface area (Å²) >= 11 is 1.67. The molecule has 1 fully saturated rings. The van der Waals surface area contributed by atoms with E-state index in [1.54, 1.807) is 16.7 Å². The smallest absolute Gasteiger partial charge is 0.166 e. The molecule has 0 saturated carbocycles. The zero-order chi connectivity index (χ0) is 22.7. The molecule has 1 aromatic heterocycles. The van der Waals surface area contributed by atoms with Crippen LogP contribution in [0.15, 0.2) is 47.6 Å². The van der Waals surface area contributed by atoms with Gasteiger partial charge in [0, 0.05) is 51.3 Å². The Bertz CT molecular complexity index is 1110. The van der Waals surface area contributed by atoms with Gasteiger partial charge in [-0.2, -0.15) is 0 Å². The topological polar surface area (TPSA) is 92.1 Å². The summed E-state index contributed by atoms with van der Waals surface area (Å²) in [7, 11) is 3.75. The molecule has 2 heterocycles. The van der Waals surface area contributed by atoms with E-state index in [0.29, 0.717) is 11.7 Å². The van der Waals surface area contributed by atoms with Gasteiger partial charge in [0.05, 0.1) is 16.9 Å². The Balaban J connectivity index is 0.00000204. The minimum atomic E-state index is 0. The molecule has 0 atom stereocenters. The molecule has 4 rings (SSSR count). The van der Waals surface area contributed by atoms with Crippen LogP contribution in [0.2, 0.25) is 0 Å². The van der Waals surface area contributed by atoms with Gasteiger partial charge in [-0.05, 0) is 42.8 Å². The van der Waals surface area contributed by atoms with Crippen molar-refractivity contribution < 1.29 is 4.74 Å². The van der Waals surface area contributed by atoms with Gasteiger partial charge in [-0.25, -0.2) is 4.98 Å². The normalized spacial score (nSPS) is 13.7. The number of thioether (sulfide) groups is 1. The number of aromatic amines is 1. The van der Waals surface area contributed by atoms with Gasteiger partial charge in [0.1, 0.15) is 17.7 Å². The van der Waals surface area contributed by atoms with Crippen molar-refractivity contribution in [1.29, 1.82) is 10.8 Å². The van der Waals surface area contributed by atoms with Gasteiger partial charge in [-0.15, -0.1) is 24.8 Å². The van der Waals surface area contributed by atoms with Gasteiger partial charge >= 0.3 is 0 Å². The summed E-state index contributed by atoms with van der Waals surface area (Å²) in [6.07, 6.45) is 2.13. The van der Waals surface area contributed by atoms with Crippen LogP contribution >= 0.6 is 36.6 Å². The highest BCUT2D eigenvalue weighted by Gasteiger charge is 2.20. The third kappa shape index (κ3) is 6.81. The van der Waals surface area contributed by atoms with Crippen LogP contribution in [0, 0.1) is 10.8 Å². The fourth-order valence-electron chi connectivity index (χ4n) is 3.78. The van der Waals surface area contributed by atoms with Crippen LogP contribution in [0.25, 0.3) is 11.0 Å². The quantitative estimate of drug-likeness (QED) is 0.228. The maximum atomic E-state index is 8.15. The van der Waals surface area contributed by atoms with E-state index in [1.807, 2.05) is 51.4 Å². The van der Waals surface area contributed by atoms with Gasteiger partial charge in [0.15, 0.2) is 5.16 Å². The molecule has 3 aromatic rings. The number of halogens is 2. The number of benzene rings is 2. The molecule has 1 saturated heterocycles. The minimum Gasteiger partial charge on any atom is -0.490 e. The summed E-state index contributed by atoms with van der Waals surface area (Å²) in [5.41, 5.74) is 3.95. The lowest BCUT2D eigenvalue weighted by molar-refractivity contribution is 0.130. The Kier molecular flexibility index (Phi) is 10.1. The van der Waals surface area contributed by atoms with Gasteiger partial charge in [0.2, 0.25) is 0 Å². The van der Waals surface area contributed by atoms with Gasteiger partial charge < -0.3 is 19.5 Å². The van der Waals surface area contributed by atoms with E-state index in [-0.39, 0.29) is 30.9 Å². The number of hydrogen-bond donors (Lipinski definition) is 3. The summed E-state index contributed by atoms with van der Waals surface area (Å²) in [5, 5.41) is 16.8. The van der Waals surface area contributed by atoms with E-state index in [0.717, 1.165) is 59.2 Å². The molecule has 1 aliphatic rings. The molecular weight excluding hydrogens is 491 g/mol. The van der Waals surface area contributed by atoms with Crippen molar-refractivity contribution >= 4 is 59.3 Å². The number of piperidine rings is 1. The second-order valence-electron chi connectivity index (χ2n) is 8.34. The highest BCUT2D eigenvalue weighted by molar-refractivity contribution is 7.98. The average Bonchev–Trinajstić information content (AvgIpc) is 3.20. The Morgan fingerprint density at radius 3 is 2.41 bits per heavy atom. The standard InChI is InChI=1S/C24H30N6OS.2ClH/c1-16(25)30-12-10-20(11-13-30)31-19-7-4-17(5-8-19)15-32-24-27-21-9-6-18(14-22(21)28-24)23(26)29(2)3;;/h4-9,14,20,25-26H,10-13,15H2,1-3H3,(H,27,28);2*1H. The van der Waals surface area contributed by atoms with E-state index in [2.05, 4.69) is 27.0 Å². The number of likely N-dealkylation sites (tertiary alicyclic amines) is 1. The van der Waals surface area contributed by atoms with Crippen molar-refractivity contribution in [3.63, 3.8) is 0 Å². The van der Waals surface area contributed by atoms with Crippen LogP contribution in [0.3, 0.4) is 0 Å². The number of nitrogens with zero attached hydrogens (tertiary/aromatic N) is 3. The zero-order valence-corrected chi connectivity index (χ0v) is 22.1. The first kappa shape index (κ1) is 27.8. The third-order valence-electron chi connectivity index (χ3n) is 5.70. The van der Waals surface area contributed by atoms with Crippen LogP contribution < -0.4 is 4.74 Å². The molecule has 34 heavy (non-hydrogen) atoms. The van der Waals surface area contributed by atoms with E-state index in [4.69, 9.17) is 15.6 Å². The number of imidazole rings is 1. The first-order valence-corrected chi connectivity index (χ1v) is 11.8. The maximum absolute atomic E-state index is 8.15. The van der Waals surface area contributed by atoms with Crippen molar-refractivity contribution in [3.8, 4) is 5.75 Å². The van der Waals surface area contributed by atoms with Crippen LogP contribution in [0.1, 0.15) is 30.9 Å². The number of ether oxygens (including phenoxy) is 1. The highest BCUT2D eigenvalue weighted by Crippen LogP contribution is 2.26. The molecule has 0 aliphatic carbocycles. The van der Waals surface area contributed by atoms with Crippen molar-refractivity contribution in [2.45, 2.75) is 36.8 Å². The molecule has 0 amide bonds. The molecule has 10 heteroatoms. The first-order valence-electron chi connectivity index (χ1n) is 10.8. The fraction of sp³-hybridized carbons (Fsp3) is 0.375. The summed E-state index contributed by atoms with van der Waals surface area (Å²) in [5.74, 6) is 2.84. The number of amidine groups is 2. The van der Waals surface area contributed by atoms with Crippen LogP contribution in [0.4, 0.5) is 0 Å². The maximum Gasteiger partial charge on any atom is 0.166 e. The number of nitrogens with one attached hydrogen (secondary N) is 3. The number of fused-ring (bicyclic) bond motifs is 1. The van der Waals surface area contributed by atoms with E-state index < -0.39 is 0 Å². The molecule has 184 valence electrons. The van der Waals surface area contributed by atoms with E-state index in [9.17, 15) is 0 Å². The summed E-state index contributed by atoms with van der Waals surface area (Å²) in [6.45, 7) is 3.63. The molecule has 0 spiro atoms.